The van der Waals surface area contributed by atoms with Crippen LogP contribution in [0.3, 0.4) is 0 Å². The molecule has 0 amide bonds. The molecule has 1 unspecified atom stereocenters. The molecule has 1 N–H and O–H groups in total. The average molecular weight is 658 g/mol. The topological polar surface area (TPSA) is 64.9 Å². The number of aryl methyl sites for hydroxylation is 1. The molecule has 0 bridgehead atoms. The molecule has 1 fully saturated rings. The minimum Gasteiger partial charge on any atom is -0.417 e. The first-order valence-electron chi connectivity index (χ1n) is 15.7. The summed E-state index contributed by atoms with van der Waals surface area (Å²) in [6, 6.07) is 13.4. The number of benzene rings is 2. The molecule has 1 aliphatic carbocycles. The zero-order valence-corrected chi connectivity index (χ0v) is 28.7. The van der Waals surface area contributed by atoms with Crippen molar-refractivity contribution in [3.05, 3.63) is 70.5 Å². The van der Waals surface area contributed by atoms with Crippen molar-refractivity contribution in [1.29, 1.82) is 0 Å². The van der Waals surface area contributed by atoms with Gasteiger partial charge in [-0.3, -0.25) is 0 Å². The lowest BCUT2D eigenvalue weighted by molar-refractivity contribution is -0.137. The van der Waals surface area contributed by atoms with E-state index in [0.29, 0.717) is 40.9 Å². The van der Waals surface area contributed by atoms with Crippen LogP contribution in [0.2, 0.25) is 23.4 Å². The fourth-order valence-corrected chi connectivity index (χ4v) is 6.79. The van der Waals surface area contributed by atoms with E-state index in [-0.39, 0.29) is 22.9 Å². The molecule has 2 aromatic heterocycles. The number of nitrogens with zero attached hydrogens (tertiary/aromatic N) is 4. The predicted octanol–water partition coefficient (Wildman–Crippen LogP) is 9.90. The van der Waals surface area contributed by atoms with Crippen LogP contribution in [0.5, 0.6) is 0 Å². The van der Waals surface area contributed by atoms with Crippen LogP contribution in [0, 0.1) is 12.8 Å². The summed E-state index contributed by atoms with van der Waals surface area (Å²) < 4.78 is 48.4. The highest BCUT2D eigenvalue weighted by molar-refractivity contribution is 6.74. The SMILES string of the molecule is Cc1cccc(-c2nc3nc(Cl)nc(NC(CCCO[Si](C)(C)C(C)(C)C)C4CCC4)c3n2Cc2ccc(C(F)(F)F)cc2)c1. The number of aromatic nitrogens is 4. The van der Waals surface area contributed by atoms with Crippen LogP contribution in [0.4, 0.5) is 19.0 Å². The molecule has 1 atom stereocenters. The van der Waals surface area contributed by atoms with Gasteiger partial charge in [0.2, 0.25) is 5.28 Å². The highest BCUT2D eigenvalue weighted by Gasteiger charge is 2.37. The second kappa shape index (κ2) is 13.0. The Bertz CT molecular complexity index is 1630. The third kappa shape index (κ3) is 7.72. The van der Waals surface area contributed by atoms with Gasteiger partial charge >= 0.3 is 6.18 Å². The van der Waals surface area contributed by atoms with Crippen LogP contribution in [-0.4, -0.2) is 40.5 Å². The summed E-state index contributed by atoms with van der Waals surface area (Å²) in [5.41, 5.74) is 3.08. The highest BCUT2D eigenvalue weighted by atomic mass is 35.5. The van der Waals surface area contributed by atoms with Crippen molar-refractivity contribution in [2.24, 2.45) is 5.92 Å². The Morgan fingerprint density at radius 3 is 2.36 bits per heavy atom. The molecule has 1 saturated carbocycles. The number of hydrogen-bond donors (Lipinski definition) is 1. The fourth-order valence-electron chi connectivity index (χ4n) is 5.54. The van der Waals surface area contributed by atoms with Crippen molar-refractivity contribution >= 4 is 36.9 Å². The molecule has 45 heavy (non-hydrogen) atoms. The second-order valence-electron chi connectivity index (χ2n) is 13.8. The zero-order valence-electron chi connectivity index (χ0n) is 26.9. The summed E-state index contributed by atoms with van der Waals surface area (Å²) in [4.78, 5) is 14.0. The largest absolute Gasteiger partial charge is 0.417 e. The first-order valence-corrected chi connectivity index (χ1v) is 19.0. The normalized spacial score (nSPS) is 15.3. The van der Waals surface area contributed by atoms with Crippen LogP contribution in [0.15, 0.2) is 48.5 Å². The summed E-state index contributed by atoms with van der Waals surface area (Å²) in [5, 5.41) is 3.98. The molecule has 0 spiro atoms. The monoisotopic (exact) mass is 657 g/mol. The van der Waals surface area contributed by atoms with Gasteiger partial charge in [-0.15, -0.1) is 0 Å². The minimum absolute atomic E-state index is 0.0913. The van der Waals surface area contributed by atoms with E-state index in [1.807, 2.05) is 35.8 Å². The molecule has 242 valence electrons. The van der Waals surface area contributed by atoms with Crippen molar-refractivity contribution in [2.75, 3.05) is 11.9 Å². The molecule has 4 aromatic rings. The van der Waals surface area contributed by atoms with Gasteiger partial charge in [0.1, 0.15) is 11.3 Å². The Labute approximate surface area is 269 Å². The zero-order chi connectivity index (χ0) is 32.6. The number of anilines is 1. The summed E-state index contributed by atoms with van der Waals surface area (Å²) in [5.74, 6) is 1.74. The Hall–Kier alpha value is -2.95. The first kappa shape index (κ1) is 33.4. The Morgan fingerprint density at radius 2 is 1.76 bits per heavy atom. The van der Waals surface area contributed by atoms with Crippen LogP contribution >= 0.6 is 11.6 Å². The Balaban J connectivity index is 1.50. The van der Waals surface area contributed by atoms with Gasteiger partial charge in [-0.2, -0.15) is 23.1 Å². The average Bonchev–Trinajstić information content (AvgIpc) is 3.27. The van der Waals surface area contributed by atoms with E-state index < -0.39 is 20.1 Å². The smallest absolute Gasteiger partial charge is 0.416 e. The maximum absolute atomic E-state index is 13.3. The van der Waals surface area contributed by atoms with Crippen LogP contribution in [0.25, 0.3) is 22.6 Å². The molecule has 11 heteroatoms. The minimum atomic E-state index is -4.40. The quantitative estimate of drug-likeness (QED) is 0.0988. The van der Waals surface area contributed by atoms with Crippen molar-refractivity contribution in [3.8, 4) is 11.4 Å². The van der Waals surface area contributed by atoms with Gasteiger partial charge in [-0.05, 0) is 92.0 Å². The third-order valence-electron chi connectivity index (χ3n) is 9.44. The van der Waals surface area contributed by atoms with E-state index in [1.165, 1.54) is 18.6 Å². The fraction of sp³-hybridized carbons (Fsp3) is 0.500. The molecule has 5 rings (SSSR count). The maximum Gasteiger partial charge on any atom is 0.416 e. The van der Waals surface area contributed by atoms with Gasteiger partial charge in [-0.25, -0.2) is 4.98 Å². The van der Waals surface area contributed by atoms with Crippen molar-refractivity contribution in [2.45, 2.75) is 96.7 Å². The lowest BCUT2D eigenvalue weighted by Gasteiger charge is -2.37. The number of halogens is 4. The van der Waals surface area contributed by atoms with Crippen LogP contribution < -0.4 is 5.32 Å². The van der Waals surface area contributed by atoms with Gasteiger partial charge in [0, 0.05) is 24.8 Å². The van der Waals surface area contributed by atoms with Gasteiger partial charge in [-0.1, -0.05) is 63.1 Å². The van der Waals surface area contributed by atoms with Crippen molar-refractivity contribution in [1.82, 2.24) is 19.5 Å². The number of imidazole rings is 1. The van der Waals surface area contributed by atoms with Crippen LogP contribution in [-0.2, 0) is 17.1 Å². The van der Waals surface area contributed by atoms with E-state index in [0.717, 1.165) is 48.9 Å². The standard InChI is InChI=1S/C34H43ClF3N5OSi/c1-22-10-7-13-25(20-22)31-40-30-28(43(31)21-23-15-17-26(18-16-23)34(36,37)38)29(41-32(35)42-30)39-27(24-11-8-12-24)14-9-19-44-45(5,6)33(2,3)4/h7,10,13,15-18,20,24,27H,8-9,11-12,14,19,21H2,1-6H3,(H,39,41,42). The number of fused-ring (bicyclic) bond motifs is 1. The van der Waals surface area contributed by atoms with Gasteiger partial charge in [0.05, 0.1) is 5.56 Å². The Kier molecular flexibility index (Phi) is 9.68. The lowest BCUT2D eigenvalue weighted by atomic mass is 9.78. The maximum atomic E-state index is 13.3. The first-order chi connectivity index (χ1) is 21.1. The van der Waals surface area contributed by atoms with Crippen molar-refractivity contribution < 1.29 is 17.6 Å². The lowest BCUT2D eigenvalue weighted by Crippen LogP contribution is -2.41. The molecule has 2 aromatic carbocycles. The number of nitrogens with one attached hydrogen (secondary N) is 1. The van der Waals surface area contributed by atoms with E-state index in [2.05, 4.69) is 49.1 Å². The number of alkyl halides is 3. The molecule has 0 radical (unpaired) electrons. The van der Waals surface area contributed by atoms with E-state index in [9.17, 15) is 13.2 Å². The molecule has 6 nitrogen and oxygen atoms in total. The van der Waals surface area contributed by atoms with E-state index in [4.69, 9.17) is 21.0 Å². The molecule has 0 saturated heterocycles. The molecule has 0 aliphatic heterocycles. The Morgan fingerprint density at radius 1 is 1.04 bits per heavy atom. The predicted molar refractivity (Wildman–Crippen MR) is 178 cm³/mol. The van der Waals surface area contributed by atoms with Gasteiger partial charge < -0.3 is 14.3 Å². The summed E-state index contributed by atoms with van der Waals surface area (Å²) >= 11 is 6.47. The summed E-state index contributed by atoms with van der Waals surface area (Å²) in [6.45, 7) is 14.3. The molecular formula is C34H43ClF3N5OSi. The van der Waals surface area contributed by atoms with E-state index in [1.54, 1.807) is 0 Å². The third-order valence-corrected chi connectivity index (χ3v) is 14.2. The second-order valence-corrected chi connectivity index (χ2v) is 18.9. The van der Waals surface area contributed by atoms with Gasteiger partial charge in [0.25, 0.3) is 0 Å². The summed E-state index contributed by atoms with van der Waals surface area (Å²) in [6.07, 6.45) is 0.917. The van der Waals surface area contributed by atoms with Gasteiger partial charge in [0.15, 0.2) is 19.8 Å². The highest BCUT2D eigenvalue weighted by Crippen LogP contribution is 2.38. The molecule has 2 heterocycles. The van der Waals surface area contributed by atoms with Crippen molar-refractivity contribution in [3.63, 3.8) is 0 Å². The van der Waals surface area contributed by atoms with E-state index >= 15 is 0 Å². The summed E-state index contributed by atoms with van der Waals surface area (Å²) in [7, 11) is -1.84. The number of hydrogen-bond acceptors (Lipinski definition) is 5. The number of rotatable bonds is 11. The van der Waals surface area contributed by atoms with Crippen LogP contribution in [0.1, 0.15) is 69.6 Å². The molecule has 1 aliphatic rings. The molecular weight excluding hydrogens is 615 g/mol.